The van der Waals surface area contributed by atoms with Gasteiger partial charge in [0.2, 0.25) is 0 Å². The lowest BCUT2D eigenvalue weighted by molar-refractivity contribution is -0.404. The average molecular weight is 378 g/mol. The van der Waals surface area contributed by atoms with Gasteiger partial charge in [0.05, 0.1) is 18.1 Å². The average Bonchev–Trinajstić information content (AvgIpc) is 2.65. The standard InChI is InChI=1S/C19H30N4O4/c1-21(19(20)16-23(24)25)10-11-26-12-13-27-18-7-5-6-17(14-18)15-22-8-3-2-4-9-22/h5-7,14,16H,2-4,8-13,15,20H2,1H3. The summed E-state index contributed by atoms with van der Waals surface area (Å²) in [4.78, 5) is 13.9. The van der Waals surface area contributed by atoms with E-state index in [1.54, 1.807) is 11.9 Å². The van der Waals surface area contributed by atoms with Crippen LogP contribution in [0.1, 0.15) is 24.8 Å². The van der Waals surface area contributed by atoms with Crippen molar-refractivity contribution < 1.29 is 14.4 Å². The minimum absolute atomic E-state index is 0.102. The molecule has 0 saturated carbocycles. The summed E-state index contributed by atoms with van der Waals surface area (Å²) in [6, 6.07) is 8.20. The van der Waals surface area contributed by atoms with Gasteiger partial charge in [0.25, 0.3) is 6.20 Å². The molecule has 0 amide bonds. The Balaban J connectivity index is 1.62. The summed E-state index contributed by atoms with van der Waals surface area (Å²) in [5.41, 5.74) is 6.85. The van der Waals surface area contributed by atoms with Crippen LogP contribution in [0.25, 0.3) is 0 Å². The van der Waals surface area contributed by atoms with Crippen molar-refractivity contribution in [2.45, 2.75) is 25.8 Å². The second kappa shape index (κ2) is 11.4. The number of benzene rings is 1. The summed E-state index contributed by atoms with van der Waals surface area (Å²) in [6.45, 7) is 5.12. The molecule has 0 unspecified atom stereocenters. The van der Waals surface area contributed by atoms with E-state index in [4.69, 9.17) is 15.2 Å². The Morgan fingerprint density at radius 1 is 1.30 bits per heavy atom. The Hall–Kier alpha value is -2.32. The number of hydrogen-bond acceptors (Lipinski definition) is 7. The van der Waals surface area contributed by atoms with E-state index in [0.717, 1.165) is 18.5 Å². The van der Waals surface area contributed by atoms with Gasteiger partial charge in [0.15, 0.2) is 5.82 Å². The minimum Gasteiger partial charge on any atom is -0.491 e. The molecule has 1 aliphatic rings. The molecule has 0 bridgehead atoms. The highest BCUT2D eigenvalue weighted by molar-refractivity contribution is 5.28. The molecule has 8 heteroatoms. The normalized spacial score (nSPS) is 15.5. The van der Waals surface area contributed by atoms with Crippen molar-refractivity contribution >= 4 is 0 Å². The molecule has 1 fully saturated rings. The van der Waals surface area contributed by atoms with Gasteiger partial charge in [-0.3, -0.25) is 15.0 Å². The minimum atomic E-state index is -0.570. The van der Waals surface area contributed by atoms with E-state index >= 15 is 0 Å². The van der Waals surface area contributed by atoms with Crippen LogP contribution in [0.5, 0.6) is 5.75 Å². The molecule has 1 aromatic carbocycles. The number of nitrogens with zero attached hydrogens (tertiary/aromatic N) is 3. The number of likely N-dealkylation sites (tertiary alicyclic amines) is 1. The second-order valence-electron chi connectivity index (χ2n) is 6.71. The highest BCUT2D eigenvalue weighted by Gasteiger charge is 2.10. The smallest absolute Gasteiger partial charge is 0.274 e. The van der Waals surface area contributed by atoms with Crippen molar-refractivity contribution in [3.05, 3.63) is 52.0 Å². The lowest BCUT2D eigenvalue weighted by Gasteiger charge is -2.26. The predicted molar refractivity (Wildman–Crippen MR) is 104 cm³/mol. The van der Waals surface area contributed by atoms with Crippen molar-refractivity contribution in [3.8, 4) is 5.75 Å². The molecule has 1 heterocycles. The Morgan fingerprint density at radius 3 is 2.81 bits per heavy atom. The SMILES string of the molecule is CN(CCOCCOc1cccc(CN2CCCCC2)c1)C(N)=C[N+](=O)[O-]. The highest BCUT2D eigenvalue weighted by Crippen LogP contribution is 2.17. The number of rotatable bonds is 11. The number of likely N-dealkylation sites (N-methyl/N-ethyl adjacent to an activating group) is 1. The Bertz CT molecular complexity index is 617. The summed E-state index contributed by atoms with van der Waals surface area (Å²) in [7, 11) is 1.68. The van der Waals surface area contributed by atoms with Gasteiger partial charge in [0.1, 0.15) is 12.4 Å². The number of nitro groups is 1. The van der Waals surface area contributed by atoms with Gasteiger partial charge < -0.3 is 20.1 Å². The largest absolute Gasteiger partial charge is 0.491 e. The zero-order valence-electron chi connectivity index (χ0n) is 16.0. The second-order valence-corrected chi connectivity index (χ2v) is 6.71. The molecule has 8 nitrogen and oxygen atoms in total. The van der Waals surface area contributed by atoms with Gasteiger partial charge in [-0.25, -0.2) is 0 Å². The van der Waals surface area contributed by atoms with Crippen molar-refractivity contribution in [2.75, 3.05) is 46.5 Å². The van der Waals surface area contributed by atoms with Gasteiger partial charge in [-0.2, -0.15) is 0 Å². The molecule has 150 valence electrons. The van der Waals surface area contributed by atoms with Gasteiger partial charge in [-0.1, -0.05) is 18.6 Å². The first kappa shape index (κ1) is 21.0. The zero-order chi connectivity index (χ0) is 19.5. The van der Waals surface area contributed by atoms with Crippen LogP contribution in [0.3, 0.4) is 0 Å². The zero-order valence-corrected chi connectivity index (χ0v) is 16.0. The van der Waals surface area contributed by atoms with E-state index in [1.807, 2.05) is 12.1 Å². The van der Waals surface area contributed by atoms with Crippen molar-refractivity contribution in [2.24, 2.45) is 5.73 Å². The van der Waals surface area contributed by atoms with Crippen LogP contribution in [0.2, 0.25) is 0 Å². The maximum atomic E-state index is 10.4. The van der Waals surface area contributed by atoms with Crippen molar-refractivity contribution in [3.63, 3.8) is 0 Å². The van der Waals surface area contributed by atoms with Crippen LogP contribution in [-0.4, -0.2) is 61.2 Å². The number of hydrogen-bond donors (Lipinski definition) is 1. The molecule has 0 radical (unpaired) electrons. The molecule has 1 aromatic rings. The first-order valence-corrected chi connectivity index (χ1v) is 9.38. The van der Waals surface area contributed by atoms with Gasteiger partial charge in [0, 0.05) is 20.1 Å². The maximum Gasteiger partial charge on any atom is 0.274 e. The summed E-state index contributed by atoms with van der Waals surface area (Å²) in [5.74, 6) is 0.953. The molecule has 2 N–H and O–H groups in total. The van der Waals surface area contributed by atoms with Crippen LogP contribution in [-0.2, 0) is 11.3 Å². The number of nitrogens with two attached hydrogens (primary N) is 1. The molecule has 0 atom stereocenters. The van der Waals surface area contributed by atoms with Crippen LogP contribution in [0.4, 0.5) is 0 Å². The summed E-state index contributed by atoms with van der Waals surface area (Å²) in [6.07, 6.45) is 4.69. The fourth-order valence-corrected chi connectivity index (χ4v) is 2.97. The first-order chi connectivity index (χ1) is 13.0. The lowest BCUT2D eigenvalue weighted by atomic mass is 10.1. The Kier molecular flexibility index (Phi) is 8.86. The lowest BCUT2D eigenvalue weighted by Crippen LogP contribution is -2.29. The van der Waals surface area contributed by atoms with E-state index in [0.29, 0.717) is 26.4 Å². The van der Waals surface area contributed by atoms with E-state index in [-0.39, 0.29) is 5.82 Å². The van der Waals surface area contributed by atoms with Crippen LogP contribution >= 0.6 is 0 Å². The summed E-state index contributed by atoms with van der Waals surface area (Å²) < 4.78 is 11.3. The van der Waals surface area contributed by atoms with Gasteiger partial charge in [-0.15, -0.1) is 0 Å². The molecule has 1 aliphatic heterocycles. The number of piperidine rings is 1. The monoisotopic (exact) mass is 378 g/mol. The predicted octanol–water partition coefficient (Wildman–Crippen LogP) is 2.03. The Labute approximate surface area is 160 Å². The van der Waals surface area contributed by atoms with E-state index in [2.05, 4.69) is 17.0 Å². The topological polar surface area (TPSA) is 94.1 Å². The molecular weight excluding hydrogens is 348 g/mol. The van der Waals surface area contributed by atoms with Crippen molar-refractivity contribution in [1.29, 1.82) is 0 Å². The fraction of sp³-hybridized carbons (Fsp3) is 0.579. The third-order valence-corrected chi connectivity index (χ3v) is 4.50. The van der Waals surface area contributed by atoms with Gasteiger partial charge in [-0.05, 0) is 43.6 Å². The van der Waals surface area contributed by atoms with Crippen molar-refractivity contribution in [1.82, 2.24) is 9.80 Å². The van der Waals surface area contributed by atoms with Gasteiger partial charge >= 0.3 is 0 Å². The van der Waals surface area contributed by atoms with Crippen LogP contribution in [0, 0.1) is 10.1 Å². The summed E-state index contributed by atoms with van der Waals surface area (Å²) in [5, 5.41) is 10.4. The van der Waals surface area contributed by atoms with Crippen LogP contribution in [0.15, 0.2) is 36.3 Å². The summed E-state index contributed by atoms with van der Waals surface area (Å²) >= 11 is 0. The molecule has 0 aliphatic carbocycles. The quantitative estimate of drug-likeness (QED) is 0.358. The van der Waals surface area contributed by atoms with E-state index in [1.165, 1.54) is 37.9 Å². The molecule has 27 heavy (non-hydrogen) atoms. The number of ether oxygens (including phenoxy) is 2. The van der Waals surface area contributed by atoms with E-state index in [9.17, 15) is 10.1 Å². The molecule has 2 rings (SSSR count). The maximum absolute atomic E-state index is 10.4. The van der Waals surface area contributed by atoms with E-state index < -0.39 is 4.92 Å². The third kappa shape index (κ3) is 8.27. The first-order valence-electron chi connectivity index (χ1n) is 9.38. The van der Waals surface area contributed by atoms with Crippen LogP contribution < -0.4 is 10.5 Å². The molecule has 0 aromatic heterocycles. The molecule has 0 spiro atoms. The third-order valence-electron chi connectivity index (χ3n) is 4.50. The molecular formula is C19H30N4O4. The fourth-order valence-electron chi connectivity index (χ4n) is 2.97. The Morgan fingerprint density at radius 2 is 2.07 bits per heavy atom. The highest BCUT2D eigenvalue weighted by atomic mass is 16.6. The molecule has 1 saturated heterocycles.